The van der Waals surface area contributed by atoms with E-state index in [4.69, 9.17) is 23.2 Å². The first-order valence-corrected chi connectivity index (χ1v) is 7.29. The van der Waals surface area contributed by atoms with Crippen LogP contribution in [0.25, 0.3) is 0 Å². The number of aromatic hydroxyl groups is 1. The minimum atomic E-state index is -0.470. The predicted molar refractivity (Wildman–Crippen MR) is 87.3 cm³/mol. The van der Waals surface area contributed by atoms with Gasteiger partial charge >= 0.3 is 0 Å². The van der Waals surface area contributed by atoms with Gasteiger partial charge in [0.1, 0.15) is 5.75 Å². The van der Waals surface area contributed by atoms with Gasteiger partial charge in [0, 0.05) is 15.1 Å². The van der Waals surface area contributed by atoms with Gasteiger partial charge in [-0.05, 0) is 36.4 Å². The largest absolute Gasteiger partial charge is 0.507 e. The van der Waals surface area contributed by atoms with Crippen molar-refractivity contribution in [2.45, 2.75) is 0 Å². The van der Waals surface area contributed by atoms with E-state index in [1.165, 1.54) is 24.4 Å². The molecule has 4 nitrogen and oxygen atoms in total. The lowest BCUT2D eigenvalue weighted by Gasteiger charge is -2.03. The Morgan fingerprint density at radius 2 is 2.00 bits per heavy atom. The summed E-state index contributed by atoms with van der Waals surface area (Å²) in [5.41, 5.74) is 3.06. The highest BCUT2D eigenvalue weighted by Gasteiger charge is 2.09. The highest BCUT2D eigenvalue weighted by molar-refractivity contribution is 9.10. The molecule has 0 aliphatic rings. The third-order valence-electron chi connectivity index (χ3n) is 2.54. The number of phenols is 1. The fraction of sp³-hybridized carbons (Fsp3) is 0. The summed E-state index contributed by atoms with van der Waals surface area (Å²) in [5, 5.41) is 14.1. The number of nitrogens with zero attached hydrogens (tertiary/aromatic N) is 1. The summed E-state index contributed by atoms with van der Waals surface area (Å²) >= 11 is 15.0. The molecule has 2 N–H and O–H groups in total. The minimum absolute atomic E-state index is 0.0562. The predicted octanol–water partition coefficient (Wildman–Crippen LogP) is 4.23. The van der Waals surface area contributed by atoms with Crippen molar-refractivity contribution in [3.05, 3.63) is 62.0 Å². The molecule has 0 bridgehead atoms. The highest BCUT2D eigenvalue weighted by atomic mass is 79.9. The monoisotopic (exact) mass is 386 g/mol. The Hall–Kier alpha value is -1.56. The first-order valence-electron chi connectivity index (χ1n) is 5.74. The summed E-state index contributed by atoms with van der Waals surface area (Å²) in [6.07, 6.45) is 1.34. The van der Waals surface area contributed by atoms with Crippen molar-refractivity contribution in [2.24, 2.45) is 5.10 Å². The van der Waals surface area contributed by atoms with Gasteiger partial charge in [0.15, 0.2) is 0 Å². The van der Waals surface area contributed by atoms with Crippen LogP contribution in [0.2, 0.25) is 10.0 Å². The van der Waals surface area contributed by atoms with E-state index in [1.807, 2.05) is 0 Å². The maximum atomic E-state index is 11.9. The lowest BCUT2D eigenvalue weighted by Crippen LogP contribution is -2.18. The number of benzene rings is 2. The quantitative estimate of drug-likeness (QED) is 0.611. The number of hydrazone groups is 1. The van der Waals surface area contributed by atoms with E-state index in [-0.39, 0.29) is 16.3 Å². The van der Waals surface area contributed by atoms with Crippen LogP contribution in [-0.4, -0.2) is 17.2 Å². The topological polar surface area (TPSA) is 61.7 Å². The van der Waals surface area contributed by atoms with Crippen LogP contribution >= 0.6 is 39.1 Å². The molecule has 0 spiro atoms. The van der Waals surface area contributed by atoms with Gasteiger partial charge < -0.3 is 5.11 Å². The molecule has 2 aromatic carbocycles. The molecule has 1 amide bonds. The number of amides is 1. The number of carbonyl (C=O) groups excluding carboxylic acids is 1. The molecule has 0 saturated carbocycles. The van der Waals surface area contributed by atoms with Crippen LogP contribution in [0.15, 0.2) is 46.0 Å². The van der Waals surface area contributed by atoms with Crippen molar-refractivity contribution in [3.63, 3.8) is 0 Å². The second-order valence-corrected chi connectivity index (χ2v) is 5.79. The molecule has 0 radical (unpaired) electrons. The molecule has 21 heavy (non-hydrogen) atoms. The van der Waals surface area contributed by atoms with E-state index in [2.05, 4.69) is 26.5 Å². The van der Waals surface area contributed by atoms with Crippen molar-refractivity contribution in [1.29, 1.82) is 0 Å². The smallest absolute Gasteiger partial charge is 0.272 e. The molecule has 0 aliphatic heterocycles. The van der Waals surface area contributed by atoms with Crippen LogP contribution in [0.3, 0.4) is 0 Å². The van der Waals surface area contributed by atoms with Crippen LogP contribution in [0.1, 0.15) is 15.9 Å². The summed E-state index contributed by atoms with van der Waals surface area (Å²) < 4.78 is 0.786. The average Bonchev–Trinajstić information content (AvgIpc) is 2.42. The Balaban J connectivity index is 2.10. The summed E-state index contributed by atoms with van der Waals surface area (Å²) in [4.78, 5) is 11.9. The van der Waals surface area contributed by atoms with Gasteiger partial charge in [-0.15, -0.1) is 0 Å². The molecule has 2 aromatic rings. The number of hydrogen-bond donors (Lipinski definition) is 2. The van der Waals surface area contributed by atoms with E-state index >= 15 is 0 Å². The fourth-order valence-corrected chi connectivity index (χ4v) is 2.40. The van der Waals surface area contributed by atoms with Gasteiger partial charge in [0.25, 0.3) is 5.91 Å². The van der Waals surface area contributed by atoms with Crippen LogP contribution in [0, 0.1) is 0 Å². The standard InChI is InChI=1S/C14H9BrCl2N2O2/c15-9-1-4-13(20)8(5-9)7-18-19-14(21)11-3-2-10(16)6-12(11)17/h1-7,20H,(H,19,21). The molecule has 0 heterocycles. The van der Waals surface area contributed by atoms with Crippen LogP contribution in [0.5, 0.6) is 5.75 Å². The average molecular weight is 388 g/mol. The van der Waals surface area contributed by atoms with Crippen LogP contribution in [-0.2, 0) is 0 Å². The van der Waals surface area contributed by atoms with Gasteiger partial charge in [-0.2, -0.15) is 5.10 Å². The van der Waals surface area contributed by atoms with E-state index in [0.717, 1.165) is 4.47 Å². The Morgan fingerprint density at radius 1 is 1.24 bits per heavy atom. The third-order valence-corrected chi connectivity index (χ3v) is 3.58. The van der Waals surface area contributed by atoms with E-state index in [1.54, 1.807) is 18.2 Å². The molecule has 2 rings (SSSR count). The molecule has 0 atom stereocenters. The van der Waals surface area contributed by atoms with E-state index < -0.39 is 5.91 Å². The number of halogens is 3. The maximum Gasteiger partial charge on any atom is 0.272 e. The lowest BCUT2D eigenvalue weighted by atomic mass is 10.2. The number of phenolic OH excluding ortho intramolecular Hbond substituents is 1. The molecule has 0 aromatic heterocycles. The van der Waals surface area contributed by atoms with Crippen molar-refractivity contribution in [3.8, 4) is 5.75 Å². The molecule has 0 fully saturated rings. The second kappa shape index (κ2) is 6.93. The Morgan fingerprint density at radius 3 is 2.71 bits per heavy atom. The maximum absolute atomic E-state index is 11.9. The van der Waals surface area contributed by atoms with Gasteiger partial charge in [0.2, 0.25) is 0 Å². The van der Waals surface area contributed by atoms with E-state index in [0.29, 0.717) is 10.6 Å². The Bertz CT molecular complexity index is 720. The number of carbonyl (C=O) groups is 1. The van der Waals surface area contributed by atoms with Gasteiger partial charge in [-0.3, -0.25) is 4.79 Å². The third kappa shape index (κ3) is 4.20. The van der Waals surface area contributed by atoms with Crippen LogP contribution < -0.4 is 5.43 Å². The summed E-state index contributed by atoms with van der Waals surface area (Å²) in [6, 6.07) is 9.42. The summed E-state index contributed by atoms with van der Waals surface area (Å²) in [5.74, 6) is -0.414. The molecular formula is C14H9BrCl2N2O2. The van der Waals surface area contributed by atoms with Gasteiger partial charge in [-0.25, -0.2) is 5.43 Å². The normalized spacial score (nSPS) is 10.8. The zero-order chi connectivity index (χ0) is 15.4. The first kappa shape index (κ1) is 15.8. The molecule has 0 unspecified atom stereocenters. The zero-order valence-corrected chi connectivity index (χ0v) is 13.6. The lowest BCUT2D eigenvalue weighted by molar-refractivity contribution is 0.0955. The zero-order valence-electron chi connectivity index (χ0n) is 10.5. The summed E-state index contributed by atoms with van der Waals surface area (Å²) in [7, 11) is 0. The summed E-state index contributed by atoms with van der Waals surface area (Å²) in [6.45, 7) is 0. The molecular weight excluding hydrogens is 379 g/mol. The number of hydrogen-bond acceptors (Lipinski definition) is 3. The second-order valence-electron chi connectivity index (χ2n) is 4.03. The van der Waals surface area contributed by atoms with Crippen molar-refractivity contribution >= 4 is 51.3 Å². The van der Waals surface area contributed by atoms with Crippen LogP contribution in [0.4, 0.5) is 0 Å². The molecule has 7 heteroatoms. The SMILES string of the molecule is O=C(NN=Cc1cc(Br)ccc1O)c1ccc(Cl)cc1Cl. The fourth-order valence-electron chi connectivity index (χ4n) is 1.52. The molecule has 0 aliphatic carbocycles. The number of rotatable bonds is 3. The van der Waals surface area contributed by atoms with Crippen molar-refractivity contribution in [2.75, 3.05) is 0 Å². The molecule has 108 valence electrons. The van der Waals surface area contributed by atoms with Gasteiger partial charge in [0.05, 0.1) is 16.8 Å². The highest BCUT2D eigenvalue weighted by Crippen LogP contribution is 2.21. The number of nitrogens with one attached hydrogen (secondary N) is 1. The van der Waals surface area contributed by atoms with E-state index in [9.17, 15) is 9.90 Å². The Labute approximate surface area is 139 Å². The van der Waals surface area contributed by atoms with Gasteiger partial charge in [-0.1, -0.05) is 39.1 Å². The Kier molecular flexibility index (Phi) is 5.22. The minimum Gasteiger partial charge on any atom is -0.507 e. The first-order chi connectivity index (χ1) is 9.97. The van der Waals surface area contributed by atoms with Crippen molar-refractivity contribution < 1.29 is 9.90 Å². The van der Waals surface area contributed by atoms with Crippen molar-refractivity contribution in [1.82, 2.24) is 5.43 Å². The molecule has 0 saturated heterocycles.